The number of aryl methyl sites for hydroxylation is 1. The topological polar surface area (TPSA) is 74.8 Å². The molecule has 0 atom stereocenters. The van der Waals surface area contributed by atoms with Crippen molar-refractivity contribution in [3.63, 3.8) is 0 Å². The molecular weight excluding hydrogens is 294 g/mol. The highest BCUT2D eigenvalue weighted by Gasteiger charge is 2.15. The van der Waals surface area contributed by atoms with Crippen LogP contribution in [0.25, 0.3) is 0 Å². The lowest BCUT2D eigenvalue weighted by molar-refractivity contribution is 0.583. The van der Waals surface area contributed by atoms with E-state index in [1.54, 1.807) is 12.3 Å². The van der Waals surface area contributed by atoms with Gasteiger partial charge >= 0.3 is 0 Å². The quantitative estimate of drug-likeness (QED) is 0.886. The number of hydrogen-bond acceptors (Lipinski definition) is 4. The Morgan fingerprint density at radius 2 is 2.28 bits per heavy atom. The lowest BCUT2D eigenvalue weighted by atomic mass is 10.3. The Morgan fingerprint density at radius 3 is 2.83 bits per heavy atom. The minimum atomic E-state index is -3.45. The first-order chi connectivity index (χ1) is 8.47. The van der Waals surface area contributed by atoms with Crippen LogP contribution in [0.3, 0.4) is 0 Å². The summed E-state index contributed by atoms with van der Waals surface area (Å²) in [6.45, 7) is 2.17. The average Bonchev–Trinajstić information content (AvgIpc) is 2.88. The van der Waals surface area contributed by atoms with Gasteiger partial charge in [0.1, 0.15) is 10.0 Å². The SMILES string of the molecule is Cc1ncc(CCNS(=O)(=O)c2ccc(Cl)s2)[nH]1. The van der Waals surface area contributed by atoms with E-state index in [0.717, 1.165) is 22.9 Å². The molecule has 0 fully saturated rings. The summed E-state index contributed by atoms with van der Waals surface area (Å²) in [6.07, 6.45) is 2.27. The van der Waals surface area contributed by atoms with E-state index in [4.69, 9.17) is 11.6 Å². The van der Waals surface area contributed by atoms with Crippen LogP contribution in [0.5, 0.6) is 0 Å². The van der Waals surface area contributed by atoms with E-state index in [2.05, 4.69) is 14.7 Å². The molecule has 2 heterocycles. The Bertz CT molecular complexity index is 633. The van der Waals surface area contributed by atoms with Crippen molar-refractivity contribution in [2.24, 2.45) is 0 Å². The highest BCUT2D eigenvalue weighted by atomic mass is 35.5. The van der Waals surface area contributed by atoms with Gasteiger partial charge in [-0.25, -0.2) is 18.1 Å². The fraction of sp³-hybridized carbons (Fsp3) is 0.300. The van der Waals surface area contributed by atoms with Crippen molar-refractivity contribution >= 4 is 33.0 Å². The van der Waals surface area contributed by atoms with Gasteiger partial charge in [0, 0.05) is 24.9 Å². The predicted molar refractivity (Wildman–Crippen MR) is 71.5 cm³/mol. The molecule has 2 aromatic rings. The molecule has 0 bridgehead atoms. The predicted octanol–water partition coefficient (Wildman–Crippen LogP) is 1.95. The van der Waals surface area contributed by atoms with Gasteiger partial charge in [-0.05, 0) is 19.1 Å². The van der Waals surface area contributed by atoms with Crippen molar-refractivity contribution in [3.05, 3.63) is 34.2 Å². The van der Waals surface area contributed by atoms with Crippen molar-refractivity contribution in [1.82, 2.24) is 14.7 Å². The summed E-state index contributed by atoms with van der Waals surface area (Å²) in [6, 6.07) is 3.06. The van der Waals surface area contributed by atoms with Gasteiger partial charge in [-0.2, -0.15) is 0 Å². The Balaban J connectivity index is 1.93. The number of H-pyrrole nitrogens is 1. The largest absolute Gasteiger partial charge is 0.346 e. The molecule has 2 N–H and O–H groups in total. The summed E-state index contributed by atoms with van der Waals surface area (Å²) < 4.78 is 26.9. The highest BCUT2D eigenvalue weighted by molar-refractivity contribution is 7.91. The Labute approximate surface area is 114 Å². The number of rotatable bonds is 5. The highest BCUT2D eigenvalue weighted by Crippen LogP contribution is 2.25. The Hall–Kier alpha value is -0.890. The lowest BCUT2D eigenvalue weighted by Gasteiger charge is -2.03. The van der Waals surface area contributed by atoms with E-state index in [1.807, 2.05) is 6.92 Å². The van der Waals surface area contributed by atoms with Gasteiger partial charge in [0.2, 0.25) is 10.0 Å². The standard InChI is InChI=1S/C10H12ClN3O2S2/c1-7-12-6-8(14-7)4-5-13-18(15,16)10-3-2-9(11)17-10/h2-3,6,13H,4-5H2,1H3,(H,12,14). The number of imidazole rings is 1. The van der Waals surface area contributed by atoms with Gasteiger partial charge in [-0.3, -0.25) is 0 Å². The zero-order chi connectivity index (χ0) is 13.2. The molecule has 0 aliphatic carbocycles. The first-order valence-electron chi connectivity index (χ1n) is 5.23. The van der Waals surface area contributed by atoms with Gasteiger partial charge in [0.25, 0.3) is 0 Å². The second kappa shape index (κ2) is 5.40. The number of thiophene rings is 1. The molecule has 0 aromatic carbocycles. The molecule has 0 saturated heterocycles. The number of sulfonamides is 1. The van der Waals surface area contributed by atoms with E-state index < -0.39 is 10.0 Å². The molecule has 2 rings (SSSR count). The van der Waals surface area contributed by atoms with E-state index in [9.17, 15) is 8.42 Å². The average molecular weight is 306 g/mol. The van der Waals surface area contributed by atoms with Crippen LogP contribution >= 0.6 is 22.9 Å². The maximum Gasteiger partial charge on any atom is 0.250 e. The second-order valence-corrected chi connectivity index (χ2v) is 7.41. The van der Waals surface area contributed by atoms with Crippen molar-refractivity contribution in [2.45, 2.75) is 17.6 Å². The minimum Gasteiger partial charge on any atom is -0.346 e. The first-order valence-corrected chi connectivity index (χ1v) is 7.90. The maximum absolute atomic E-state index is 11.9. The molecule has 98 valence electrons. The van der Waals surface area contributed by atoms with Gasteiger partial charge in [0.05, 0.1) is 4.34 Å². The lowest BCUT2D eigenvalue weighted by Crippen LogP contribution is -2.25. The van der Waals surface area contributed by atoms with E-state index >= 15 is 0 Å². The van der Waals surface area contributed by atoms with Gasteiger partial charge in [-0.15, -0.1) is 11.3 Å². The number of halogens is 1. The smallest absolute Gasteiger partial charge is 0.250 e. The van der Waals surface area contributed by atoms with Gasteiger partial charge < -0.3 is 4.98 Å². The molecule has 0 saturated carbocycles. The summed E-state index contributed by atoms with van der Waals surface area (Å²) in [5.74, 6) is 0.817. The summed E-state index contributed by atoms with van der Waals surface area (Å²) in [5, 5.41) is 0. The maximum atomic E-state index is 11.9. The second-order valence-electron chi connectivity index (χ2n) is 3.70. The summed E-state index contributed by atoms with van der Waals surface area (Å²) in [5.41, 5.74) is 0.902. The molecule has 2 aromatic heterocycles. The van der Waals surface area contributed by atoms with Crippen LogP contribution in [-0.4, -0.2) is 24.9 Å². The third-order valence-electron chi connectivity index (χ3n) is 2.26. The molecule has 0 amide bonds. The van der Waals surface area contributed by atoms with Crippen molar-refractivity contribution in [1.29, 1.82) is 0 Å². The summed E-state index contributed by atoms with van der Waals surface area (Å²) in [7, 11) is -3.45. The van der Waals surface area contributed by atoms with Crippen LogP contribution in [0.2, 0.25) is 4.34 Å². The molecule has 5 nitrogen and oxygen atoms in total. The minimum absolute atomic E-state index is 0.230. The molecule has 0 radical (unpaired) electrons. The molecule has 0 aliphatic heterocycles. The zero-order valence-corrected chi connectivity index (χ0v) is 12.0. The number of aromatic nitrogens is 2. The van der Waals surface area contributed by atoms with Crippen molar-refractivity contribution in [3.8, 4) is 0 Å². The summed E-state index contributed by atoms with van der Waals surface area (Å²) >= 11 is 6.75. The van der Waals surface area contributed by atoms with Crippen LogP contribution in [0.1, 0.15) is 11.5 Å². The van der Waals surface area contributed by atoms with E-state index in [1.165, 1.54) is 6.07 Å². The number of aromatic amines is 1. The number of nitrogens with one attached hydrogen (secondary N) is 2. The Morgan fingerprint density at radius 1 is 1.50 bits per heavy atom. The van der Waals surface area contributed by atoms with Crippen molar-refractivity contribution < 1.29 is 8.42 Å². The summed E-state index contributed by atoms with van der Waals surface area (Å²) in [4.78, 5) is 7.09. The van der Waals surface area contributed by atoms with E-state index in [-0.39, 0.29) is 4.21 Å². The molecule has 0 aliphatic rings. The number of nitrogens with zero attached hydrogens (tertiary/aromatic N) is 1. The normalized spacial score (nSPS) is 11.9. The molecule has 18 heavy (non-hydrogen) atoms. The monoisotopic (exact) mass is 305 g/mol. The fourth-order valence-electron chi connectivity index (χ4n) is 1.43. The van der Waals surface area contributed by atoms with Crippen LogP contribution in [-0.2, 0) is 16.4 Å². The van der Waals surface area contributed by atoms with E-state index in [0.29, 0.717) is 17.3 Å². The molecule has 0 spiro atoms. The van der Waals surface area contributed by atoms with Crippen LogP contribution in [0.4, 0.5) is 0 Å². The van der Waals surface area contributed by atoms with Crippen LogP contribution in [0.15, 0.2) is 22.5 Å². The molecular formula is C10H12ClN3O2S2. The third-order valence-corrected chi connectivity index (χ3v) is 5.44. The van der Waals surface area contributed by atoms with Crippen LogP contribution in [0, 0.1) is 6.92 Å². The van der Waals surface area contributed by atoms with Gasteiger partial charge in [0.15, 0.2) is 0 Å². The van der Waals surface area contributed by atoms with Gasteiger partial charge in [-0.1, -0.05) is 11.6 Å². The third kappa shape index (κ3) is 3.32. The zero-order valence-electron chi connectivity index (χ0n) is 9.60. The van der Waals surface area contributed by atoms with Crippen LogP contribution < -0.4 is 4.72 Å². The molecule has 0 unspecified atom stereocenters. The Kier molecular flexibility index (Phi) is 4.06. The van der Waals surface area contributed by atoms with Crippen molar-refractivity contribution in [2.75, 3.05) is 6.54 Å². The first kappa shape index (κ1) is 13.5. The fourth-order valence-corrected chi connectivity index (χ4v) is 3.99. The number of hydrogen-bond donors (Lipinski definition) is 2. The molecule has 8 heteroatoms.